The van der Waals surface area contributed by atoms with Crippen LogP contribution in [-0.2, 0) is 28.8 Å². The van der Waals surface area contributed by atoms with Crippen molar-refractivity contribution >= 4 is 35.4 Å². The number of likely N-dealkylation sites (tertiary alicyclic amines) is 1. The topological polar surface area (TPSA) is 184 Å². The van der Waals surface area contributed by atoms with E-state index in [9.17, 15) is 33.9 Å². The largest absolute Gasteiger partial charge is 0.481 e. The van der Waals surface area contributed by atoms with E-state index in [2.05, 4.69) is 5.32 Å². The molecule has 1 saturated heterocycles. The number of carboxylic acid groups (broad SMARTS) is 2. The molecule has 0 saturated carbocycles. The first-order chi connectivity index (χ1) is 12.4. The molecule has 0 aliphatic carbocycles. The summed E-state index contributed by atoms with van der Waals surface area (Å²) in [6.45, 7) is 4.33. The van der Waals surface area contributed by atoms with Crippen LogP contribution in [0.15, 0.2) is 0 Å². The first-order valence-corrected chi connectivity index (χ1v) is 8.28. The van der Waals surface area contributed by atoms with Crippen molar-refractivity contribution < 1.29 is 39.0 Å². The van der Waals surface area contributed by atoms with Gasteiger partial charge in [-0.25, -0.2) is 4.79 Å². The van der Waals surface area contributed by atoms with Crippen LogP contribution in [0.2, 0.25) is 0 Å². The van der Waals surface area contributed by atoms with Crippen LogP contribution in [-0.4, -0.2) is 68.7 Å². The molecule has 0 aromatic carbocycles. The molecule has 4 atom stereocenters. The normalized spacial score (nSPS) is 20.3. The van der Waals surface area contributed by atoms with E-state index in [1.807, 2.05) is 0 Å². The van der Waals surface area contributed by atoms with Crippen molar-refractivity contribution in [3.63, 3.8) is 0 Å². The summed E-state index contributed by atoms with van der Waals surface area (Å²) in [7, 11) is 0. The van der Waals surface area contributed by atoms with Gasteiger partial charge in [0.05, 0.1) is 18.5 Å². The Morgan fingerprint density at radius 1 is 1.19 bits per heavy atom. The minimum atomic E-state index is -1.56. The van der Waals surface area contributed by atoms with Crippen molar-refractivity contribution in [2.45, 2.75) is 51.7 Å². The second kappa shape index (κ2) is 8.71. The molecule has 0 aromatic rings. The van der Waals surface area contributed by atoms with Crippen LogP contribution in [0.5, 0.6) is 0 Å². The Kier molecular flexibility index (Phi) is 7.17. The molecular formula is C16H23N3O8. The van der Waals surface area contributed by atoms with Crippen LogP contribution in [0, 0.1) is 11.8 Å². The molecule has 0 bridgehead atoms. The summed E-state index contributed by atoms with van der Waals surface area (Å²) in [6, 6.07) is -4.03. The first kappa shape index (κ1) is 22.2. The van der Waals surface area contributed by atoms with Gasteiger partial charge in [-0.3, -0.25) is 28.9 Å². The molecule has 1 aliphatic heterocycles. The third-order valence-corrected chi connectivity index (χ3v) is 4.14. The van der Waals surface area contributed by atoms with Crippen LogP contribution in [0.25, 0.3) is 0 Å². The lowest BCUT2D eigenvalue weighted by molar-refractivity contribution is -0.157. The minimum Gasteiger partial charge on any atom is -0.481 e. The Morgan fingerprint density at radius 2 is 1.74 bits per heavy atom. The Balaban J connectivity index is 3.11. The fraction of sp³-hybridized carbons (Fsp3) is 0.625. The minimum absolute atomic E-state index is 0.529. The average molecular weight is 385 g/mol. The summed E-state index contributed by atoms with van der Waals surface area (Å²) in [5.74, 6) is -8.59. The number of nitrogens with one attached hydrogen (secondary N) is 1. The Morgan fingerprint density at radius 3 is 2.15 bits per heavy atom. The zero-order chi connectivity index (χ0) is 21.0. The van der Waals surface area contributed by atoms with Gasteiger partial charge in [-0.15, -0.1) is 0 Å². The Hall–Kier alpha value is -2.82. The van der Waals surface area contributed by atoms with Crippen LogP contribution in [0.3, 0.4) is 0 Å². The molecule has 5 N–H and O–H groups in total. The van der Waals surface area contributed by atoms with E-state index in [1.165, 1.54) is 20.8 Å². The van der Waals surface area contributed by atoms with Gasteiger partial charge in [-0.1, -0.05) is 13.8 Å². The van der Waals surface area contributed by atoms with Crippen molar-refractivity contribution in [2.75, 3.05) is 0 Å². The van der Waals surface area contributed by atoms with Crippen LogP contribution in [0.1, 0.15) is 33.6 Å². The zero-order valence-corrected chi connectivity index (χ0v) is 15.2. The Bertz CT molecular complexity index is 673. The lowest BCUT2D eigenvalue weighted by atomic mass is 9.94. The van der Waals surface area contributed by atoms with Crippen LogP contribution in [0.4, 0.5) is 0 Å². The van der Waals surface area contributed by atoms with Gasteiger partial charge in [0.2, 0.25) is 17.7 Å². The fourth-order valence-electron chi connectivity index (χ4n) is 2.80. The lowest BCUT2D eigenvalue weighted by Gasteiger charge is -2.26. The number of carboxylic acids is 2. The standard InChI is InChI=1S/C16H23N3O8/c1-6(2)12(16(26)27)19-10(20)4-8(15(19)25)13(23)9(5-11(21)22)18-14(24)7(3)17/h6-9,12H,4-5,17H2,1-3H3,(H,18,24)(H,21,22)(H,26,27)/t7-,8+,9-,12-/m0/s1. The van der Waals surface area contributed by atoms with E-state index >= 15 is 0 Å². The maximum absolute atomic E-state index is 12.6. The highest BCUT2D eigenvalue weighted by atomic mass is 16.4. The molecule has 1 rings (SSSR count). The summed E-state index contributed by atoms with van der Waals surface area (Å²) in [5.41, 5.74) is 5.38. The maximum Gasteiger partial charge on any atom is 0.327 e. The van der Waals surface area contributed by atoms with Gasteiger partial charge in [0.1, 0.15) is 12.0 Å². The summed E-state index contributed by atoms with van der Waals surface area (Å²) in [4.78, 5) is 72.1. The van der Waals surface area contributed by atoms with Crippen molar-refractivity contribution in [1.29, 1.82) is 0 Å². The van der Waals surface area contributed by atoms with Gasteiger partial charge in [0.15, 0.2) is 5.78 Å². The van der Waals surface area contributed by atoms with Crippen LogP contribution < -0.4 is 11.1 Å². The summed E-state index contributed by atoms with van der Waals surface area (Å²) in [5, 5.41) is 20.4. The van der Waals surface area contributed by atoms with E-state index in [0.717, 1.165) is 0 Å². The molecule has 11 nitrogen and oxygen atoms in total. The maximum atomic E-state index is 12.6. The van der Waals surface area contributed by atoms with Crippen LogP contribution >= 0.6 is 0 Å². The van der Waals surface area contributed by atoms with E-state index in [4.69, 9.17) is 10.8 Å². The van der Waals surface area contributed by atoms with E-state index in [-0.39, 0.29) is 0 Å². The average Bonchev–Trinajstić information content (AvgIpc) is 2.80. The molecule has 3 amide bonds. The third-order valence-electron chi connectivity index (χ3n) is 4.14. The predicted octanol–water partition coefficient (Wildman–Crippen LogP) is -1.65. The highest BCUT2D eigenvalue weighted by Gasteiger charge is 2.50. The number of carbonyl (C=O) groups is 6. The fourth-order valence-corrected chi connectivity index (χ4v) is 2.80. The number of aliphatic carboxylic acids is 2. The smallest absolute Gasteiger partial charge is 0.327 e. The molecule has 150 valence electrons. The van der Waals surface area contributed by atoms with Crippen molar-refractivity contribution in [3.8, 4) is 0 Å². The van der Waals surface area contributed by atoms with Gasteiger partial charge < -0.3 is 21.3 Å². The number of carbonyl (C=O) groups excluding carboxylic acids is 4. The SMILES string of the molecule is CC(C)[C@@H](C(=O)O)N1C(=O)C[C@H](C(=O)[C@H](CC(=O)O)NC(=O)[C@H](C)N)C1=O. The molecule has 0 unspecified atom stereocenters. The molecule has 1 heterocycles. The molecule has 27 heavy (non-hydrogen) atoms. The van der Waals surface area contributed by atoms with Gasteiger partial charge in [0, 0.05) is 6.42 Å². The van der Waals surface area contributed by atoms with Crippen molar-refractivity contribution in [3.05, 3.63) is 0 Å². The number of ketones is 1. The quantitative estimate of drug-likeness (QED) is 0.266. The van der Waals surface area contributed by atoms with E-state index in [0.29, 0.717) is 4.90 Å². The third kappa shape index (κ3) is 5.09. The molecule has 0 radical (unpaired) electrons. The van der Waals surface area contributed by atoms with Gasteiger partial charge >= 0.3 is 11.9 Å². The first-order valence-electron chi connectivity index (χ1n) is 8.28. The summed E-state index contributed by atoms with van der Waals surface area (Å²) in [6.07, 6.45) is -1.39. The number of Topliss-reactive ketones (excluding diaryl/α,β-unsaturated/α-hetero) is 1. The number of hydrogen-bond donors (Lipinski definition) is 4. The van der Waals surface area contributed by atoms with Gasteiger partial charge in [0.25, 0.3) is 0 Å². The number of nitrogens with two attached hydrogens (primary N) is 1. The molecular weight excluding hydrogens is 362 g/mol. The van der Waals surface area contributed by atoms with E-state index in [1.54, 1.807) is 0 Å². The number of imide groups is 1. The number of nitrogens with zero attached hydrogens (tertiary/aromatic N) is 1. The summed E-state index contributed by atoms with van der Waals surface area (Å²) < 4.78 is 0. The number of hydrogen-bond acceptors (Lipinski definition) is 7. The second-order valence-electron chi connectivity index (χ2n) is 6.74. The lowest BCUT2D eigenvalue weighted by Crippen LogP contribution is -2.52. The molecule has 0 spiro atoms. The predicted molar refractivity (Wildman–Crippen MR) is 89.1 cm³/mol. The number of amides is 3. The molecule has 1 fully saturated rings. The number of rotatable bonds is 9. The van der Waals surface area contributed by atoms with Crippen molar-refractivity contribution in [2.24, 2.45) is 17.6 Å². The van der Waals surface area contributed by atoms with Crippen molar-refractivity contribution in [1.82, 2.24) is 10.2 Å². The van der Waals surface area contributed by atoms with E-state index < -0.39 is 78.2 Å². The monoisotopic (exact) mass is 385 g/mol. The molecule has 0 aromatic heterocycles. The van der Waals surface area contributed by atoms with Gasteiger partial charge in [-0.05, 0) is 12.8 Å². The highest BCUT2D eigenvalue weighted by Crippen LogP contribution is 2.27. The van der Waals surface area contributed by atoms with Gasteiger partial charge in [-0.2, -0.15) is 0 Å². The Labute approximate surface area is 154 Å². The zero-order valence-electron chi connectivity index (χ0n) is 15.2. The molecule has 11 heteroatoms. The summed E-state index contributed by atoms with van der Waals surface area (Å²) >= 11 is 0. The molecule has 1 aliphatic rings. The highest BCUT2D eigenvalue weighted by molar-refractivity contribution is 6.17. The second-order valence-corrected chi connectivity index (χ2v) is 6.74.